The molecule has 1 aliphatic rings. The lowest BCUT2D eigenvalue weighted by atomic mass is 10.2. The summed E-state index contributed by atoms with van der Waals surface area (Å²) >= 11 is 0. The molecule has 2 aromatic carbocycles. The van der Waals surface area contributed by atoms with Crippen LogP contribution in [0.2, 0.25) is 0 Å². The van der Waals surface area contributed by atoms with Crippen molar-refractivity contribution in [3.63, 3.8) is 0 Å². The first kappa shape index (κ1) is 18.0. The monoisotopic (exact) mass is 382 g/mol. The highest BCUT2D eigenvalue weighted by Gasteiger charge is 2.26. The van der Waals surface area contributed by atoms with Gasteiger partial charge in [-0.15, -0.1) is 5.10 Å². The summed E-state index contributed by atoms with van der Waals surface area (Å²) in [7, 11) is 0. The maximum absolute atomic E-state index is 13.4. The maximum Gasteiger partial charge on any atom is 0.333 e. The van der Waals surface area contributed by atoms with Crippen LogP contribution < -0.4 is 20.8 Å². The van der Waals surface area contributed by atoms with Crippen LogP contribution in [0, 0.1) is 5.82 Å². The number of nitrogens with zero attached hydrogens (tertiary/aromatic N) is 4. The van der Waals surface area contributed by atoms with Crippen molar-refractivity contribution in [3.05, 3.63) is 80.6 Å². The SMILES string of the molecule is CCOc1ccc(N2CCn3c2nn(Cc2cccc(F)c2)c(=O)c3=O)cc1. The van der Waals surface area contributed by atoms with Crippen LogP contribution in [-0.4, -0.2) is 27.5 Å². The number of ether oxygens (including phenoxy) is 1. The molecule has 2 heterocycles. The number of hydrogen-bond donors (Lipinski definition) is 0. The second-order valence-corrected chi connectivity index (χ2v) is 6.43. The summed E-state index contributed by atoms with van der Waals surface area (Å²) in [5.74, 6) is 0.747. The highest BCUT2D eigenvalue weighted by atomic mass is 19.1. The topological polar surface area (TPSA) is 69.4 Å². The number of fused-ring (bicyclic) bond motifs is 1. The predicted molar refractivity (Wildman–Crippen MR) is 103 cm³/mol. The zero-order chi connectivity index (χ0) is 19.7. The molecule has 0 saturated heterocycles. The summed E-state index contributed by atoms with van der Waals surface area (Å²) in [6.07, 6.45) is 0. The minimum absolute atomic E-state index is 0.0246. The molecule has 0 radical (unpaired) electrons. The predicted octanol–water partition coefficient (Wildman–Crippen LogP) is 2.14. The second-order valence-electron chi connectivity index (χ2n) is 6.43. The van der Waals surface area contributed by atoms with Crippen LogP contribution in [0.4, 0.5) is 16.0 Å². The zero-order valence-corrected chi connectivity index (χ0v) is 15.3. The molecule has 7 nitrogen and oxygen atoms in total. The van der Waals surface area contributed by atoms with Crippen molar-refractivity contribution >= 4 is 11.6 Å². The molecule has 0 aliphatic carbocycles. The molecule has 0 fully saturated rings. The molecule has 144 valence electrons. The van der Waals surface area contributed by atoms with E-state index in [0.29, 0.717) is 31.2 Å². The molecule has 0 bridgehead atoms. The van der Waals surface area contributed by atoms with Crippen LogP contribution in [0.15, 0.2) is 58.1 Å². The van der Waals surface area contributed by atoms with Crippen molar-refractivity contribution in [2.75, 3.05) is 18.1 Å². The lowest BCUT2D eigenvalue weighted by Crippen LogP contribution is -2.42. The third kappa shape index (κ3) is 3.28. The summed E-state index contributed by atoms with van der Waals surface area (Å²) in [5, 5.41) is 4.39. The number of rotatable bonds is 5. The van der Waals surface area contributed by atoms with Gasteiger partial charge < -0.3 is 9.64 Å². The molecule has 8 heteroatoms. The van der Waals surface area contributed by atoms with E-state index >= 15 is 0 Å². The highest BCUT2D eigenvalue weighted by molar-refractivity contribution is 5.59. The fourth-order valence-corrected chi connectivity index (χ4v) is 3.27. The Hall–Kier alpha value is -3.42. The summed E-state index contributed by atoms with van der Waals surface area (Å²) < 4.78 is 21.4. The molecule has 0 N–H and O–H groups in total. The van der Waals surface area contributed by atoms with Gasteiger partial charge in [0, 0.05) is 18.8 Å². The quantitative estimate of drug-likeness (QED) is 0.633. The molecule has 0 atom stereocenters. The first-order chi connectivity index (χ1) is 13.6. The first-order valence-corrected chi connectivity index (χ1v) is 9.03. The van der Waals surface area contributed by atoms with E-state index in [1.165, 1.54) is 16.7 Å². The van der Waals surface area contributed by atoms with E-state index in [2.05, 4.69) is 5.10 Å². The number of hydrogen-bond acceptors (Lipinski definition) is 5. The summed E-state index contributed by atoms with van der Waals surface area (Å²) in [5.41, 5.74) is 0.0542. The van der Waals surface area contributed by atoms with E-state index in [1.54, 1.807) is 12.1 Å². The average molecular weight is 382 g/mol. The number of aromatic nitrogens is 3. The molecule has 0 spiro atoms. The van der Waals surface area contributed by atoms with Crippen molar-refractivity contribution in [3.8, 4) is 5.75 Å². The third-order valence-corrected chi connectivity index (χ3v) is 4.58. The molecule has 1 aliphatic heterocycles. The van der Waals surface area contributed by atoms with Crippen LogP contribution >= 0.6 is 0 Å². The van der Waals surface area contributed by atoms with Gasteiger partial charge >= 0.3 is 11.1 Å². The first-order valence-electron chi connectivity index (χ1n) is 9.03. The smallest absolute Gasteiger partial charge is 0.333 e. The van der Waals surface area contributed by atoms with Gasteiger partial charge in [-0.3, -0.25) is 14.2 Å². The molecule has 3 aromatic rings. The van der Waals surface area contributed by atoms with Gasteiger partial charge in [0.1, 0.15) is 11.6 Å². The van der Waals surface area contributed by atoms with Crippen LogP contribution in [0.3, 0.4) is 0 Å². The Morgan fingerprint density at radius 2 is 1.86 bits per heavy atom. The lowest BCUT2D eigenvalue weighted by molar-refractivity contribution is 0.340. The van der Waals surface area contributed by atoms with E-state index in [-0.39, 0.29) is 6.54 Å². The van der Waals surface area contributed by atoms with Crippen molar-refractivity contribution in [2.24, 2.45) is 0 Å². The molecular formula is C20H19FN4O3. The van der Waals surface area contributed by atoms with Crippen LogP contribution in [0.1, 0.15) is 12.5 Å². The minimum atomic E-state index is -0.721. The molecular weight excluding hydrogens is 363 g/mol. The summed E-state index contributed by atoms with van der Waals surface area (Å²) in [4.78, 5) is 26.8. The van der Waals surface area contributed by atoms with E-state index in [0.717, 1.165) is 16.1 Å². The summed E-state index contributed by atoms with van der Waals surface area (Å²) in [6.45, 7) is 3.43. The van der Waals surface area contributed by atoms with E-state index in [1.807, 2.05) is 36.1 Å². The fraction of sp³-hybridized carbons (Fsp3) is 0.250. The summed E-state index contributed by atoms with van der Waals surface area (Å²) in [6, 6.07) is 13.4. The molecule has 1 aromatic heterocycles. The normalized spacial score (nSPS) is 12.9. The number of anilines is 2. The molecule has 4 rings (SSSR count). The van der Waals surface area contributed by atoms with Gasteiger partial charge in [0.15, 0.2) is 0 Å². The number of benzene rings is 2. The van der Waals surface area contributed by atoms with Gasteiger partial charge in [0.2, 0.25) is 5.95 Å². The van der Waals surface area contributed by atoms with Crippen molar-refractivity contribution in [1.82, 2.24) is 14.3 Å². The fourth-order valence-electron chi connectivity index (χ4n) is 3.27. The standard InChI is InChI=1S/C20H19FN4O3/c1-2-28-17-8-6-16(7-9-17)23-10-11-24-18(26)19(27)25(22-20(23)24)13-14-4-3-5-15(21)12-14/h3-9,12H,2,10-11,13H2,1H3. The Kier molecular flexibility index (Phi) is 4.68. The Bertz CT molecular complexity index is 1120. The van der Waals surface area contributed by atoms with E-state index < -0.39 is 16.9 Å². The molecule has 0 saturated carbocycles. The number of halogens is 1. The highest BCUT2D eigenvalue weighted by Crippen LogP contribution is 2.28. The Morgan fingerprint density at radius 3 is 2.57 bits per heavy atom. The average Bonchev–Trinajstić information content (AvgIpc) is 3.11. The Labute approximate surface area is 160 Å². The minimum Gasteiger partial charge on any atom is -0.494 e. The third-order valence-electron chi connectivity index (χ3n) is 4.58. The van der Waals surface area contributed by atoms with Crippen LogP contribution in [0.25, 0.3) is 0 Å². The Morgan fingerprint density at radius 1 is 1.07 bits per heavy atom. The van der Waals surface area contributed by atoms with Crippen molar-refractivity contribution in [2.45, 2.75) is 20.0 Å². The molecule has 28 heavy (non-hydrogen) atoms. The van der Waals surface area contributed by atoms with Crippen LogP contribution in [-0.2, 0) is 13.1 Å². The van der Waals surface area contributed by atoms with Gasteiger partial charge in [0.05, 0.1) is 13.2 Å². The van der Waals surface area contributed by atoms with Crippen LogP contribution in [0.5, 0.6) is 5.75 Å². The van der Waals surface area contributed by atoms with Gasteiger partial charge in [-0.25, -0.2) is 9.07 Å². The molecule has 0 unspecified atom stereocenters. The van der Waals surface area contributed by atoms with Crippen molar-refractivity contribution < 1.29 is 9.13 Å². The lowest BCUT2D eigenvalue weighted by Gasteiger charge is -2.18. The maximum atomic E-state index is 13.4. The largest absolute Gasteiger partial charge is 0.494 e. The van der Waals surface area contributed by atoms with E-state index in [9.17, 15) is 14.0 Å². The van der Waals surface area contributed by atoms with Gasteiger partial charge in [-0.2, -0.15) is 0 Å². The van der Waals surface area contributed by atoms with E-state index in [4.69, 9.17) is 4.74 Å². The van der Waals surface area contributed by atoms with Gasteiger partial charge in [-0.1, -0.05) is 12.1 Å². The zero-order valence-electron chi connectivity index (χ0n) is 15.3. The van der Waals surface area contributed by atoms with Crippen molar-refractivity contribution in [1.29, 1.82) is 0 Å². The molecule has 0 amide bonds. The van der Waals surface area contributed by atoms with Gasteiger partial charge in [0.25, 0.3) is 0 Å². The Balaban J connectivity index is 1.71. The second kappa shape index (κ2) is 7.30. The van der Waals surface area contributed by atoms with Gasteiger partial charge in [-0.05, 0) is 48.9 Å².